The third-order valence-electron chi connectivity index (χ3n) is 5.69. The summed E-state index contributed by atoms with van der Waals surface area (Å²) in [6.07, 6.45) is 0.548. The van der Waals surface area contributed by atoms with Crippen LogP contribution < -0.4 is 9.64 Å². The number of carbonyl (C=O) groups is 1. The van der Waals surface area contributed by atoms with Gasteiger partial charge in [-0.3, -0.25) is 14.6 Å². The molecule has 1 saturated heterocycles. The Hall–Kier alpha value is -3.25. The van der Waals surface area contributed by atoms with E-state index in [0.717, 1.165) is 17.0 Å². The average molecular weight is 418 g/mol. The van der Waals surface area contributed by atoms with Crippen LogP contribution in [0, 0.1) is 5.82 Å². The van der Waals surface area contributed by atoms with Crippen LogP contribution in [0.5, 0.6) is 5.75 Å². The SMILES string of the molecule is CC12CC(c3ccccc3O1)N(C(=O)c1ccc(F)cc1)C(=S)N2c1ccccc1. The Balaban J connectivity index is 1.67. The molecule has 1 amide bonds. The largest absolute Gasteiger partial charge is 0.467 e. The van der Waals surface area contributed by atoms with Crippen molar-refractivity contribution < 1.29 is 13.9 Å². The fraction of sp³-hybridized carbons (Fsp3) is 0.167. The molecule has 4 nitrogen and oxygen atoms in total. The molecule has 3 aromatic rings. The van der Waals surface area contributed by atoms with Crippen LogP contribution >= 0.6 is 12.2 Å². The number of hydrogen-bond donors (Lipinski definition) is 0. The lowest BCUT2D eigenvalue weighted by atomic mass is 9.88. The van der Waals surface area contributed by atoms with Crippen molar-refractivity contribution in [1.29, 1.82) is 0 Å². The van der Waals surface area contributed by atoms with E-state index in [4.69, 9.17) is 17.0 Å². The molecule has 0 aliphatic carbocycles. The number of nitrogens with zero attached hydrogens (tertiary/aromatic N) is 2. The van der Waals surface area contributed by atoms with Crippen molar-refractivity contribution in [3.63, 3.8) is 0 Å². The maximum atomic E-state index is 13.6. The molecule has 2 unspecified atom stereocenters. The number of ether oxygens (including phenoxy) is 1. The first kappa shape index (κ1) is 18.8. The molecule has 30 heavy (non-hydrogen) atoms. The number of halogens is 1. The van der Waals surface area contributed by atoms with Gasteiger partial charge in [-0.2, -0.15) is 0 Å². The molecule has 1 fully saturated rings. The minimum Gasteiger partial charge on any atom is -0.467 e. The fourth-order valence-corrected chi connectivity index (χ4v) is 4.84. The van der Waals surface area contributed by atoms with Crippen molar-refractivity contribution >= 4 is 28.9 Å². The lowest BCUT2D eigenvalue weighted by molar-refractivity contribution is 0.0184. The molecule has 5 rings (SSSR count). The van der Waals surface area contributed by atoms with Crippen molar-refractivity contribution in [3.8, 4) is 5.75 Å². The molecule has 0 aromatic heterocycles. The summed E-state index contributed by atoms with van der Waals surface area (Å²) in [4.78, 5) is 17.1. The van der Waals surface area contributed by atoms with Crippen molar-refractivity contribution in [2.24, 2.45) is 0 Å². The number of carbonyl (C=O) groups excluding carboxylic acids is 1. The van der Waals surface area contributed by atoms with Gasteiger partial charge in [0.1, 0.15) is 11.6 Å². The summed E-state index contributed by atoms with van der Waals surface area (Å²) in [5, 5.41) is 0.365. The zero-order chi connectivity index (χ0) is 20.9. The average Bonchev–Trinajstić information content (AvgIpc) is 2.74. The number of anilines is 1. The molecule has 2 aliphatic rings. The molecule has 2 heterocycles. The van der Waals surface area contributed by atoms with Gasteiger partial charge in [0, 0.05) is 23.2 Å². The first-order valence-electron chi connectivity index (χ1n) is 9.74. The van der Waals surface area contributed by atoms with Crippen LogP contribution in [0.4, 0.5) is 10.1 Å². The van der Waals surface area contributed by atoms with E-state index in [0.29, 0.717) is 17.1 Å². The number of hydrogen-bond acceptors (Lipinski definition) is 3. The Morgan fingerprint density at radius 3 is 2.43 bits per heavy atom. The van der Waals surface area contributed by atoms with E-state index in [9.17, 15) is 9.18 Å². The van der Waals surface area contributed by atoms with Gasteiger partial charge < -0.3 is 4.74 Å². The molecule has 2 bridgehead atoms. The maximum Gasteiger partial charge on any atom is 0.260 e. The minimum atomic E-state index is -0.739. The molecule has 2 atom stereocenters. The zero-order valence-electron chi connectivity index (χ0n) is 16.3. The van der Waals surface area contributed by atoms with Gasteiger partial charge in [0.05, 0.1) is 6.04 Å². The smallest absolute Gasteiger partial charge is 0.260 e. The van der Waals surface area contributed by atoms with Gasteiger partial charge in [0.2, 0.25) is 0 Å². The van der Waals surface area contributed by atoms with Crippen LogP contribution in [0.3, 0.4) is 0 Å². The van der Waals surface area contributed by atoms with Crippen molar-refractivity contribution in [2.75, 3.05) is 4.90 Å². The normalized spacial score (nSPS) is 22.3. The Kier molecular flexibility index (Phi) is 4.33. The number of fused-ring (bicyclic) bond motifs is 4. The lowest BCUT2D eigenvalue weighted by Gasteiger charge is -2.55. The summed E-state index contributed by atoms with van der Waals surface area (Å²) in [5.41, 5.74) is 1.41. The second-order valence-corrected chi connectivity index (χ2v) is 8.04. The summed E-state index contributed by atoms with van der Waals surface area (Å²) in [6.45, 7) is 1.99. The third kappa shape index (κ3) is 2.87. The van der Waals surface area contributed by atoms with E-state index in [1.54, 1.807) is 4.90 Å². The molecule has 0 radical (unpaired) electrons. The van der Waals surface area contributed by atoms with E-state index in [1.807, 2.05) is 66.4 Å². The highest BCUT2D eigenvalue weighted by molar-refractivity contribution is 7.80. The van der Waals surface area contributed by atoms with Gasteiger partial charge in [-0.15, -0.1) is 0 Å². The van der Waals surface area contributed by atoms with Crippen LogP contribution in [0.2, 0.25) is 0 Å². The summed E-state index contributed by atoms with van der Waals surface area (Å²) < 4.78 is 19.9. The van der Waals surface area contributed by atoms with Crippen molar-refractivity contribution in [1.82, 2.24) is 4.90 Å². The fourth-order valence-electron chi connectivity index (χ4n) is 4.33. The first-order chi connectivity index (χ1) is 14.5. The summed E-state index contributed by atoms with van der Waals surface area (Å²) in [5.74, 6) is 0.0870. The number of para-hydroxylation sites is 2. The van der Waals surface area contributed by atoms with Crippen molar-refractivity contribution in [2.45, 2.75) is 25.1 Å². The van der Waals surface area contributed by atoms with Crippen LogP contribution in [0.1, 0.15) is 35.3 Å². The number of rotatable bonds is 2. The third-order valence-corrected chi connectivity index (χ3v) is 6.07. The highest BCUT2D eigenvalue weighted by Gasteiger charge is 2.53. The molecule has 0 N–H and O–H groups in total. The molecule has 2 aliphatic heterocycles. The molecule has 3 aromatic carbocycles. The molecule has 150 valence electrons. The molecular weight excluding hydrogens is 399 g/mol. The van der Waals surface area contributed by atoms with E-state index < -0.39 is 5.72 Å². The predicted octanol–water partition coefficient (Wildman–Crippen LogP) is 5.31. The number of amides is 1. The van der Waals surface area contributed by atoms with Gasteiger partial charge in [-0.1, -0.05) is 36.4 Å². The van der Waals surface area contributed by atoms with E-state index in [1.165, 1.54) is 24.3 Å². The first-order valence-corrected chi connectivity index (χ1v) is 10.1. The van der Waals surface area contributed by atoms with Gasteiger partial charge in [-0.05, 0) is 61.6 Å². The van der Waals surface area contributed by atoms with Gasteiger partial charge in [-0.25, -0.2) is 4.39 Å². The molecular formula is C24H19FN2O2S. The van der Waals surface area contributed by atoms with Crippen LogP contribution in [-0.2, 0) is 0 Å². The molecule has 6 heteroatoms. The summed E-state index contributed by atoms with van der Waals surface area (Å²) in [6, 6.07) is 22.7. The Bertz CT molecular complexity index is 1140. The zero-order valence-corrected chi connectivity index (χ0v) is 17.1. The second-order valence-electron chi connectivity index (χ2n) is 7.67. The minimum absolute atomic E-state index is 0.260. The van der Waals surface area contributed by atoms with Crippen molar-refractivity contribution in [3.05, 3.63) is 95.8 Å². The number of thiocarbonyl (C=S) groups is 1. The lowest BCUT2D eigenvalue weighted by Crippen LogP contribution is -2.67. The van der Waals surface area contributed by atoms with Gasteiger partial charge in [0.25, 0.3) is 5.91 Å². The quantitative estimate of drug-likeness (QED) is 0.528. The maximum absolute atomic E-state index is 13.6. The summed E-state index contributed by atoms with van der Waals surface area (Å²) in [7, 11) is 0. The Morgan fingerprint density at radius 2 is 1.70 bits per heavy atom. The monoisotopic (exact) mass is 418 g/mol. The highest BCUT2D eigenvalue weighted by Crippen LogP contribution is 2.49. The molecule has 0 spiro atoms. The van der Waals surface area contributed by atoms with Crippen LogP contribution in [0.15, 0.2) is 78.9 Å². The van der Waals surface area contributed by atoms with Gasteiger partial charge >= 0.3 is 0 Å². The van der Waals surface area contributed by atoms with E-state index in [2.05, 4.69) is 0 Å². The number of benzene rings is 3. The predicted molar refractivity (Wildman–Crippen MR) is 117 cm³/mol. The summed E-state index contributed by atoms with van der Waals surface area (Å²) >= 11 is 5.86. The van der Waals surface area contributed by atoms with Gasteiger partial charge in [0.15, 0.2) is 10.8 Å². The topological polar surface area (TPSA) is 32.8 Å². The van der Waals surface area contributed by atoms with Crippen LogP contribution in [-0.4, -0.2) is 21.6 Å². The molecule has 0 saturated carbocycles. The van der Waals surface area contributed by atoms with Crippen LogP contribution in [0.25, 0.3) is 0 Å². The van der Waals surface area contributed by atoms with E-state index >= 15 is 0 Å². The second kappa shape index (κ2) is 6.92. The standard InChI is InChI=1S/C24H19FN2O2S/c1-24-15-20(19-9-5-6-10-21(19)29-24)26(22(28)16-11-13-17(25)14-12-16)23(30)27(24)18-7-3-2-4-8-18/h2-14,20H,15H2,1H3. The highest BCUT2D eigenvalue weighted by atomic mass is 32.1. The van der Waals surface area contributed by atoms with E-state index in [-0.39, 0.29) is 17.8 Å². The Morgan fingerprint density at radius 1 is 1.03 bits per heavy atom. The Labute approximate surface area is 179 Å².